The van der Waals surface area contributed by atoms with E-state index >= 15 is 0 Å². The summed E-state index contributed by atoms with van der Waals surface area (Å²) < 4.78 is 0. The summed E-state index contributed by atoms with van der Waals surface area (Å²) in [6, 6.07) is 85.0. The predicted octanol–water partition coefficient (Wildman–Crippen LogP) is 15.2. The molecule has 0 aromatic heterocycles. The van der Waals surface area contributed by atoms with Crippen molar-refractivity contribution in [3.63, 3.8) is 0 Å². The van der Waals surface area contributed by atoms with Crippen molar-refractivity contribution in [3.05, 3.63) is 237 Å². The molecule has 0 heterocycles. The van der Waals surface area contributed by atoms with E-state index in [0.29, 0.717) is 0 Å². The van der Waals surface area contributed by atoms with E-state index in [1.54, 1.807) is 0 Å². The fourth-order valence-electron chi connectivity index (χ4n) is 7.56. The Labute approximate surface area is 324 Å². The fourth-order valence-corrected chi connectivity index (χ4v) is 7.56. The third-order valence-electron chi connectivity index (χ3n) is 10.3. The van der Waals surface area contributed by atoms with Crippen molar-refractivity contribution >= 4 is 17.1 Å². The minimum atomic E-state index is 1.10. The molecule has 0 saturated carbocycles. The predicted molar refractivity (Wildman–Crippen MR) is 234 cm³/mol. The second kappa shape index (κ2) is 15.4. The zero-order valence-electron chi connectivity index (χ0n) is 30.5. The Hall–Kier alpha value is -7.22. The Balaban J connectivity index is 1.13. The summed E-state index contributed by atoms with van der Waals surface area (Å²) in [4.78, 5) is 2.32. The van der Waals surface area contributed by atoms with Crippen LogP contribution in [-0.4, -0.2) is 0 Å². The number of benzene rings is 9. The largest absolute Gasteiger partial charge is 0.311 e. The molecule has 0 radical (unpaired) electrons. The minimum Gasteiger partial charge on any atom is -0.311 e. The smallest absolute Gasteiger partial charge is 0.0462 e. The average Bonchev–Trinajstić information content (AvgIpc) is 3.28. The van der Waals surface area contributed by atoms with Crippen molar-refractivity contribution < 1.29 is 0 Å². The molecule has 1 nitrogen and oxygen atoms in total. The number of hydrogen-bond donors (Lipinski definition) is 0. The molecule has 0 aliphatic carbocycles. The first-order valence-electron chi connectivity index (χ1n) is 18.8. The number of anilines is 3. The van der Waals surface area contributed by atoms with Gasteiger partial charge < -0.3 is 4.90 Å². The van der Waals surface area contributed by atoms with Crippen molar-refractivity contribution in [3.8, 4) is 66.8 Å². The molecule has 0 spiro atoms. The van der Waals surface area contributed by atoms with Crippen molar-refractivity contribution in [1.29, 1.82) is 0 Å². The highest BCUT2D eigenvalue weighted by Crippen LogP contribution is 2.44. The first kappa shape index (κ1) is 33.6. The fraction of sp³-hybridized carbons (Fsp3) is 0. The van der Waals surface area contributed by atoms with E-state index in [9.17, 15) is 0 Å². The molecule has 9 rings (SSSR count). The highest BCUT2D eigenvalue weighted by atomic mass is 15.1. The van der Waals surface area contributed by atoms with Crippen LogP contribution in [0, 0.1) is 0 Å². The first-order valence-corrected chi connectivity index (χ1v) is 18.8. The Morgan fingerprint density at radius 2 is 0.545 bits per heavy atom. The molecule has 0 aliphatic rings. The first-order chi connectivity index (χ1) is 27.3. The quantitative estimate of drug-likeness (QED) is 0.145. The maximum absolute atomic E-state index is 2.37. The van der Waals surface area contributed by atoms with Gasteiger partial charge >= 0.3 is 0 Å². The lowest BCUT2D eigenvalue weighted by molar-refractivity contribution is 1.28. The average molecular weight is 702 g/mol. The summed E-state index contributed by atoms with van der Waals surface area (Å²) in [5.74, 6) is 0. The van der Waals surface area contributed by atoms with E-state index in [4.69, 9.17) is 0 Å². The van der Waals surface area contributed by atoms with Crippen LogP contribution in [0.5, 0.6) is 0 Å². The Bertz CT molecular complexity index is 2630. The molecule has 55 heavy (non-hydrogen) atoms. The standard InChI is InChI=1S/C54H39N/c1-6-17-40(18-7-1)42-29-33-50(34-30-42)55(49-27-14-5-15-28-49)51-35-31-43(32-36-51)46-25-16-26-47(37-46)53-39-48(41-19-8-2-9-20-41)38-52(44-21-10-3-11-22-44)54(53)45-23-12-4-13-24-45/h1-39H. The van der Waals surface area contributed by atoms with Gasteiger partial charge in [0.2, 0.25) is 0 Å². The number of hydrogen-bond acceptors (Lipinski definition) is 1. The number of para-hydroxylation sites is 1. The van der Waals surface area contributed by atoms with Crippen molar-refractivity contribution in [2.45, 2.75) is 0 Å². The molecular formula is C54H39N. The van der Waals surface area contributed by atoms with Gasteiger partial charge in [-0.2, -0.15) is 0 Å². The van der Waals surface area contributed by atoms with E-state index < -0.39 is 0 Å². The van der Waals surface area contributed by atoms with Gasteiger partial charge in [-0.05, 0) is 121 Å². The molecule has 0 N–H and O–H groups in total. The van der Waals surface area contributed by atoms with Gasteiger partial charge in [0, 0.05) is 17.1 Å². The zero-order chi connectivity index (χ0) is 36.8. The summed E-state index contributed by atoms with van der Waals surface area (Å²) in [5.41, 5.74) is 17.7. The molecule has 0 atom stereocenters. The highest BCUT2D eigenvalue weighted by Gasteiger charge is 2.18. The highest BCUT2D eigenvalue weighted by molar-refractivity contribution is 5.98. The van der Waals surface area contributed by atoms with E-state index in [-0.39, 0.29) is 0 Å². The van der Waals surface area contributed by atoms with Crippen LogP contribution >= 0.6 is 0 Å². The molecule has 0 aliphatic heterocycles. The molecule has 0 bridgehead atoms. The van der Waals surface area contributed by atoms with E-state index in [1.807, 2.05) is 0 Å². The Morgan fingerprint density at radius 1 is 0.200 bits per heavy atom. The summed E-state index contributed by atoms with van der Waals surface area (Å²) in [6.07, 6.45) is 0. The molecule has 0 unspecified atom stereocenters. The summed E-state index contributed by atoms with van der Waals surface area (Å²) in [7, 11) is 0. The maximum Gasteiger partial charge on any atom is 0.0462 e. The van der Waals surface area contributed by atoms with Crippen LogP contribution < -0.4 is 4.90 Å². The van der Waals surface area contributed by atoms with Crippen LogP contribution in [0.25, 0.3) is 66.8 Å². The van der Waals surface area contributed by atoms with E-state index in [0.717, 1.165) is 17.1 Å². The van der Waals surface area contributed by atoms with Crippen LogP contribution in [-0.2, 0) is 0 Å². The molecule has 9 aromatic carbocycles. The molecule has 9 aromatic rings. The zero-order valence-corrected chi connectivity index (χ0v) is 30.5. The summed E-state index contributed by atoms with van der Waals surface area (Å²) in [5, 5.41) is 0. The molecule has 0 fully saturated rings. The Morgan fingerprint density at radius 3 is 1.07 bits per heavy atom. The normalized spacial score (nSPS) is 10.9. The summed E-state index contributed by atoms with van der Waals surface area (Å²) >= 11 is 0. The van der Waals surface area contributed by atoms with Crippen LogP contribution in [0.15, 0.2) is 237 Å². The minimum absolute atomic E-state index is 1.10. The van der Waals surface area contributed by atoms with Gasteiger partial charge in [-0.15, -0.1) is 0 Å². The van der Waals surface area contributed by atoms with Gasteiger partial charge in [0.25, 0.3) is 0 Å². The van der Waals surface area contributed by atoms with Crippen LogP contribution in [0.1, 0.15) is 0 Å². The second-order valence-electron chi connectivity index (χ2n) is 13.8. The molecule has 260 valence electrons. The number of nitrogens with zero attached hydrogens (tertiary/aromatic N) is 1. The van der Waals surface area contributed by atoms with Crippen molar-refractivity contribution in [2.24, 2.45) is 0 Å². The lowest BCUT2D eigenvalue weighted by Gasteiger charge is -2.26. The topological polar surface area (TPSA) is 3.24 Å². The van der Waals surface area contributed by atoms with E-state index in [1.165, 1.54) is 66.8 Å². The van der Waals surface area contributed by atoms with Crippen LogP contribution in [0.3, 0.4) is 0 Å². The molecule has 0 saturated heterocycles. The van der Waals surface area contributed by atoms with Crippen molar-refractivity contribution in [2.75, 3.05) is 4.90 Å². The van der Waals surface area contributed by atoms with Gasteiger partial charge in [-0.25, -0.2) is 0 Å². The monoisotopic (exact) mass is 701 g/mol. The lowest BCUT2D eigenvalue weighted by atomic mass is 9.84. The van der Waals surface area contributed by atoms with E-state index in [2.05, 4.69) is 241 Å². The summed E-state index contributed by atoms with van der Waals surface area (Å²) in [6.45, 7) is 0. The third kappa shape index (κ3) is 7.12. The van der Waals surface area contributed by atoms with Crippen LogP contribution in [0.4, 0.5) is 17.1 Å². The van der Waals surface area contributed by atoms with Crippen LogP contribution in [0.2, 0.25) is 0 Å². The van der Waals surface area contributed by atoms with Gasteiger partial charge in [0.05, 0.1) is 0 Å². The second-order valence-corrected chi connectivity index (χ2v) is 13.8. The molecule has 1 heteroatoms. The maximum atomic E-state index is 2.37. The number of rotatable bonds is 9. The SMILES string of the molecule is c1ccc(-c2ccc(N(c3ccccc3)c3ccc(-c4cccc(-c5cc(-c6ccccc6)cc(-c6ccccc6)c5-c5ccccc5)c4)cc3)cc2)cc1. The van der Waals surface area contributed by atoms with Gasteiger partial charge in [-0.3, -0.25) is 0 Å². The van der Waals surface area contributed by atoms with Crippen molar-refractivity contribution in [1.82, 2.24) is 0 Å². The van der Waals surface area contributed by atoms with Gasteiger partial charge in [0.1, 0.15) is 0 Å². The van der Waals surface area contributed by atoms with Gasteiger partial charge in [0.15, 0.2) is 0 Å². The third-order valence-corrected chi connectivity index (χ3v) is 10.3. The lowest BCUT2D eigenvalue weighted by Crippen LogP contribution is -2.09. The van der Waals surface area contributed by atoms with Gasteiger partial charge in [-0.1, -0.05) is 182 Å². The Kier molecular flexibility index (Phi) is 9.41. The molecule has 0 amide bonds. The molecular weight excluding hydrogens is 663 g/mol.